The van der Waals surface area contributed by atoms with Crippen LogP contribution in [0.2, 0.25) is 0 Å². The number of anilines is 2. The Labute approximate surface area is 274 Å². The number of Topliss-reactive ketones (excluding diaryl/α,β-unsaturated/α-hetero) is 1. The summed E-state index contributed by atoms with van der Waals surface area (Å²) in [7, 11) is 1.41. The molecule has 9 nitrogen and oxygen atoms in total. The zero-order valence-corrected chi connectivity index (χ0v) is 27.0. The third-order valence-electron chi connectivity index (χ3n) is 9.68. The molecule has 244 valence electrons. The first-order valence-electron chi connectivity index (χ1n) is 16.7. The molecule has 3 aromatic heterocycles. The minimum Gasteiger partial charge on any atom is -0.494 e. The number of benzene rings is 1. The molecule has 0 radical (unpaired) electrons. The second-order valence-corrected chi connectivity index (χ2v) is 13.0. The van der Waals surface area contributed by atoms with Crippen molar-refractivity contribution in [3.63, 3.8) is 0 Å². The summed E-state index contributed by atoms with van der Waals surface area (Å²) in [6.45, 7) is 4.34. The van der Waals surface area contributed by atoms with Crippen LogP contribution in [0.25, 0.3) is 0 Å². The van der Waals surface area contributed by atoms with Crippen molar-refractivity contribution in [3.05, 3.63) is 99.9 Å². The summed E-state index contributed by atoms with van der Waals surface area (Å²) in [6, 6.07) is 14.7. The van der Waals surface area contributed by atoms with Crippen LogP contribution < -0.4 is 15.4 Å². The second kappa shape index (κ2) is 13.2. The Bertz CT molecular complexity index is 1760. The minimum atomic E-state index is -0.581. The highest BCUT2D eigenvalue weighted by Crippen LogP contribution is 2.34. The van der Waals surface area contributed by atoms with Crippen molar-refractivity contribution in [1.29, 1.82) is 0 Å². The molecule has 0 saturated carbocycles. The fourth-order valence-corrected chi connectivity index (χ4v) is 7.23. The molecule has 2 N–H and O–H groups in total. The first-order chi connectivity index (χ1) is 22.9. The summed E-state index contributed by atoms with van der Waals surface area (Å²) in [5.74, 6) is 1.33. The number of halogens is 1. The Morgan fingerprint density at radius 1 is 0.915 bits per heavy atom. The molecule has 10 heteroatoms. The highest BCUT2D eigenvalue weighted by Gasteiger charge is 2.34. The predicted molar refractivity (Wildman–Crippen MR) is 179 cm³/mol. The molecular formula is C37H41FN6O3. The molecule has 0 spiro atoms. The van der Waals surface area contributed by atoms with Gasteiger partial charge in [-0.1, -0.05) is 18.2 Å². The summed E-state index contributed by atoms with van der Waals surface area (Å²) < 4.78 is 21.9. The molecule has 0 aliphatic carbocycles. The van der Waals surface area contributed by atoms with E-state index in [4.69, 9.17) is 14.7 Å². The van der Waals surface area contributed by atoms with Gasteiger partial charge in [-0.25, -0.2) is 14.4 Å². The van der Waals surface area contributed by atoms with Crippen LogP contribution >= 0.6 is 0 Å². The Balaban J connectivity index is 1.20. The van der Waals surface area contributed by atoms with Gasteiger partial charge in [0.2, 0.25) is 0 Å². The van der Waals surface area contributed by atoms with Gasteiger partial charge in [0, 0.05) is 50.2 Å². The van der Waals surface area contributed by atoms with E-state index in [1.807, 2.05) is 10.6 Å². The van der Waals surface area contributed by atoms with E-state index in [0.29, 0.717) is 37.2 Å². The SMILES string of the molecule is COc1ccc([C@H](CC(C)=O)N2CCn3cc(C(Cc4ccc5c(n4)NCCC5)Cc4ccc5c(n4)NCCC5)cc3C2=O)cc1F. The van der Waals surface area contributed by atoms with E-state index in [9.17, 15) is 14.0 Å². The largest absolute Gasteiger partial charge is 0.494 e. The average Bonchev–Trinajstić information content (AvgIpc) is 3.53. The van der Waals surface area contributed by atoms with Gasteiger partial charge in [0.05, 0.1) is 13.2 Å². The first kappa shape index (κ1) is 30.9. The number of hydrogen-bond acceptors (Lipinski definition) is 7. The van der Waals surface area contributed by atoms with Crippen LogP contribution in [0.3, 0.4) is 0 Å². The van der Waals surface area contributed by atoms with E-state index in [2.05, 4.69) is 41.1 Å². The molecule has 3 aliphatic rings. The number of aromatic nitrogens is 3. The highest BCUT2D eigenvalue weighted by molar-refractivity contribution is 5.94. The molecular weight excluding hydrogens is 595 g/mol. The number of fused-ring (bicyclic) bond motifs is 3. The third kappa shape index (κ3) is 6.46. The zero-order chi connectivity index (χ0) is 32.5. The molecule has 0 bridgehead atoms. The molecule has 1 amide bonds. The fraction of sp³-hybridized carbons (Fsp3) is 0.405. The third-order valence-corrected chi connectivity index (χ3v) is 9.68. The molecule has 6 heterocycles. The summed E-state index contributed by atoms with van der Waals surface area (Å²) in [6.07, 6.45) is 7.86. The number of rotatable bonds is 10. The molecule has 0 fully saturated rings. The molecule has 7 rings (SSSR count). The van der Waals surface area contributed by atoms with Crippen molar-refractivity contribution in [2.24, 2.45) is 0 Å². The smallest absolute Gasteiger partial charge is 0.271 e. The number of methoxy groups -OCH3 is 1. The number of amides is 1. The van der Waals surface area contributed by atoms with Crippen molar-refractivity contribution in [3.8, 4) is 5.75 Å². The molecule has 1 aromatic carbocycles. The molecule has 0 unspecified atom stereocenters. The molecule has 3 aliphatic heterocycles. The monoisotopic (exact) mass is 636 g/mol. The first-order valence-corrected chi connectivity index (χ1v) is 16.7. The van der Waals surface area contributed by atoms with E-state index in [0.717, 1.165) is 67.4 Å². The maximum Gasteiger partial charge on any atom is 0.271 e. The van der Waals surface area contributed by atoms with Gasteiger partial charge in [0.1, 0.15) is 23.1 Å². The van der Waals surface area contributed by atoms with Crippen molar-refractivity contribution in [2.75, 3.05) is 37.4 Å². The number of ketones is 1. The van der Waals surface area contributed by atoms with Gasteiger partial charge in [-0.3, -0.25) is 9.59 Å². The van der Waals surface area contributed by atoms with Gasteiger partial charge in [0.25, 0.3) is 5.91 Å². The number of pyridine rings is 2. The van der Waals surface area contributed by atoms with E-state index in [1.54, 1.807) is 17.0 Å². The lowest BCUT2D eigenvalue weighted by Gasteiger charge is -2.35. The predicted octanol–water partition coefficient (Wildman–Crippen LogP) is 5.89. The van der Waals surface area contributed by atoms with Crippen molar-refractivity contribution < 1.29 is 18.7 Å². The average molecular weight is 637 g/mol. The van der Waals surface area contributed by atoms with Crippen LogP contribution in [-0.2, 0) is 37.0 Å². The van der Waals surface area contributed by atoms with E-state index >= 15 is 0 Å². The standard InChI is InChI=1S/C37H41FN6O3/c1-23(45)17-32(26-9-12-34(47-2)31(38)20-26)44-16-15-43-22-28(21-33(43)37(44)46)27(18-29-10-7-24-5-3-13-39-35(24)41-29)19-30-11-8-25-6-4-14-40-36(25)42-30/h7-12,20-22,27,32H,3-6,13-19H2,1-2H3,(H,39,41)(H,40,42)/t32-/m0/s1. The summed E-state index contributed by atoms with van der Waals surface area (Å²) in [5.41, 5.74) is 6.69. The maximum atomic E-state index is 14.8. The molecule has 1 atom stereocenters. The topological polar surface area (TPSA) is 101 Å². The van der Waals surface area contributed by atoms with Crippen LogP contribution in [-0.4, -0.2) is 57.9 Å². The summed E-state index contributed by atoms with van der Waals surface area (Å²) >= 11 is 0. The normalized spacial score (nSPS) is 16.1. The quantitative estimate of drug-likeness (QED) is 0.224. The number of hydrogen-bond donors (Lipinski definition) is 2. The molecule has 47 heavy (non-hydrogen) atoms. The number of nitrogens with one attached hydrogen (secondary N) is 2. The van der Waals surface area contributed by atoms with E-state index < -0.39 is 11.9 Å². The number of carbonyl (C=O) groups is 2. The summed E-state index contributed by atoms with van der Waals surface area (Å²) in [5, 5.41) is 6.91. The Morgan fingerprint density at radius 2 is 1.57 bits per heavy atom. The van der Waals surface area contributed by atoms with Crippen LogP contribution in [0.15, 0.2) is 54.7 Å². The molecule has 0 saturated heterocycles. The Hall–Kier alpha value is -4.73. The maximum absolute atomic E-state index is 14.8. The lowest BCUT2D eigenvalue weighted by molar-refractivity contribution is -0.118. The number of nitrogens with zero attached hydrogens (tertiary/aromatic N) is 4. The van der Waals surface area contributed by atoms with Crippen LogP contribution in [0.1, 0.15) is 82.3 Å². The lowest BCUT2D eigenvalue weighted by Crippen LogP contribution is -2.42. The van der Waals surface area contributed by atoms with Gasteiger partial charge < -0.3 is 24.8 Å². The Kier molecular flexibility index (Phi) is 8.66. The minimum absolute atomic E-state index is 0.0290. The highest BCUT2D eigenvalue weighted by atomic mass is 19.1. The summed E-state index contributed by atoms with van der Waals surface area (Å²) in [4.78, 5) is 38.2. The van der Waals surface area contributed by atoms with Crippen molar-refractivity contribution in [1.82, 2.24) is 19.4 Å². The van der Waals surface area contributed by atoms with Gasteiger partial charge in [-0.2, -0.15) is 0 Å². The molecule has 4 aromatic rings. The van der Waals surface area contributed by atoms with E-state index in [-0.39, 0.29) is 29.8 Å². The zero-order valence-electron chi connectivity index (χ0n) is 27.0. The number of carbonyl (C=O) groups excluding carboxylic acids is 2. The van der Waals surface area contributed by atoms with Gasteiger partial charge in [-0.05, 0) is 104 Å². The van der Waals surface area contributed by atoms with Crippen molar-refractivity contribution in [2.45, 2.75) is 70.4 Å². The van der Waals surface area contributed by atoms with Crippen LogP contribution in [0.5, 0.6) is 5.75 Å². The van der Waals surface area contributed by atoms with Crippen LogP contribution in [0, 0.1) is 5.82 Å². The Morgan fingerprint density at radius 3 is 2.17 bits per heavy atom. The van der Waals surface area contributed by atoms with Crippen molar-refractivity contribution >= 4 is 23.3 Å². The fourth-order valence-electron chi connectivity index (χ4n) is 7.23. The second-order valence-electron chi connectivity index (χ2n) is 13.0. The van der Waals surface area contributed by atoms with E-state index in [1.165, 1.54) is 31.2 Å². The lowest BCUT2D eigenvalue weighted by atomic mass is 9.90. The number of ether oxygens (including phenoxy) is 1. The van der Waals surface area contributed by atoms with Gasteiger partial charge in [-0.15, -0.1) is 0 Å². The van der Waals surface area contributed by atoms with Gasteiger partial charge in [0.15, 0.2) is 11.6 Å². The number of aryl methyl sites for hydroxylation is 2. The van der Waals surface area contributed by atoms with Gasteiger partial charge >= 0.3 is 0 Å². The van der Waals surface area contributed by atoms with Crippen LogP contribution in [0.4, 0.5) is 16.0 Å².